The zero-order valence-electron chi connectivity index (χ0n) is 11.6. The zero-order valence-corrected chi connectivity index (χ0v) is 11.6. The van der Waals surface area contributed by atoms with Crippen molar-refractivity contribution in [3.63, 3.8) is 0 Å². The minimum Gasteiger partial charge on any atom is -0.469 e. The average molecular weight is 286 g/mol. The maximum Gasteiger partial charge on any atom is 0.254 e. The number of hydrogen-bond donors (Lipinski definition) is 2. The number of furan rings is 1. The lowest BCUT2D eigenvalue weighted by Crippen LogP contribution is -2.22. The van der Waals surface area contributed by atoms with Gasteiger partial charge in [-0.1, -0.05) is 11.8 Å². The van der Waals surface area contributed by atoms with Crippen molar-refractivity contribution in [2.45, 2.75) is 13.5 Å². The van der Waals surface area contributed by atoms with Gasteiger partial charge in [-0.05, 0) is 31.2 Å². The van der Waals surface area contributed by atoms with Crippen LogP contribution in [0, 0.1) is 24.6 Å². The van der Waals surface area contributed by atoms with Crippen molar-refractivity contribution < 1.29 is 13.6 Å². The van der Waals surface area contributed by atoms with Crippen molar-refractivity contribution in [1.29, 1.82) is 0 Å². The number of carbonyl (C=O) groups excluding carboxylic acids is 1. The third-order valence-electron chi connectivity index (χ3n) is 2.81. The summed E-state index contributed by atoms with van der Waals surface area (Å²) in [5, 5.41) is 2.64. The van der Waals surface area contributed by atoms with Gasteiger partial charge in [0.2, 0.25) is 0 Å². The summed E-state index contributed by atoms with van der Waals surface area (Å²) in [7, 11) is 0. The van der Waals surface area contributed by atoms with Gasteiger partial charge in [0.05, 0.1) is 12.1 Å². The van der Waals surface area contributed by atoms with Crippen molar-refractivity contribution in [2.75, 3.05) is 6.54 Å². The fourth-order valence-electron chi connectivity index (χ4n) is 1.78. The summed E-state index contributed by atoms with van der Waals surface area (Å²) in [5.74, 6) is 5.46. The van der Waals surface area contributed by atoms with Crippen molar-refractivity contribution in [3.05, 3.63) is 58.8 Å². The van der Waals surface area contributed by atoms with E-state index < -0.39 is 5.82 Å². The van der Waals surface area contributed by atoms with Gasteiger partial charge in [-0.3, -0.25) is 4.79 Å². The quantitative estimate of drug-likeness (QED) is 0.848. The second-order valence-electron chi connectivity index (χ2n) is 4.44. The Morgan fingerprint density at radius 1 is 1.43 bits per heavy atom. The number of benzene rings is 1. The molecule has 1 aromatic heterocycles. The van der Waals surface area contributed by atoms with E-state index in [2.05, 4.69) is 17.2 Å². The molecule has 1 aromatic carbocycles. The monoisotopic (exact) mass is 286 g/mol. The summed E-state index contributed by atoms with van der Waals surface area (Å²) in [6.45, 7) is 2.06. The number of rotatable bonds is 3. The molecule has 0 bridgehead atoms. The van der Waals surface area contributed by atoms with Crippen LogP contribution in [0.5, 0.6) is 0 Å². The van der Waals surface area contributed by atoms with E-state index in [0.29, 0.717) is 22.5 Å². The highest BCUT2D eigenvalue weighted by Gasteiger charge is 2.10. The maximum atomic E-state index is 13.7. The molecule has 4 nitrogen and oxygen atoms in total. The van der Waals surface area contributed by atoms with Crippen LogP contribution in [0.3, 0.4) is 0 Å². The molecule has 5 heteroatoms. The van der Waals surface area contributed by atoms with Crippen molar-refractivity contribution in [1.82, 2.24) is 5.32 Å². The highest BCUT2D eigenvalue weighted by molar-refractivity contribution is 5.93. The predicted octanol–water partition coefficient (Wildman–Crippen LogP) is 1.97. The van der Waals surface area contributed by atoms with Crippen LogP contribution in [0.15, 0.2) is 34.9 Å². The third kappa shape index (κ3) is 3.94. The molecule has 1 heterocycles. The maximum absolute atomic E-state index is 13.7. The Balaban J connectivity index is 2.07. The van der Waals surface area contributed by atoms with E-state index in [4.69, 9.17) is 10.2 Å². The molecular weight excluding hydrogens is 271 g/mol. The number of nitrogens with two attached hydrogens (primary N) is 1. The van der Waals surface area contributed by atoms with Crippen LogP contribution in [0.4, 0.5) is 4.39 Å². The number of amides is 1. The van der Waals surface area contributed by atoms with Crippen LogP contribution in [-0.2, 0) is 6.54 Å². The van der Waals surface area contributed by atoms with Gasteiger partial charge < -0.3 is 15.5 Å². The summed E-state index contributed by atoms with van der Waals surface area (Å²) in [4.78, 5) is 11.9. The van der Waals surface area contributed by atoms with E-state index in [9.17, 15) is 9.18 Å². The van der Waals surface area contributed by atoms with Gasteiger partial charge in [0.25, 0.3) is 5.91 Å². The normalized spacial score (nSPS) is 9.86. The van der Waals surface area contributed by atoms with E-state index >= 15 is 0 Å². The van der Waals surface area contributed by atoms with E-state index in [0.717, 1.165) is 0 Å². The number of hydrogen-bond acceptors (Lipinski definition) is 3. The molecule has 2 rings (SSSR count). The molecule has 0 saturated carbocycles. The first-order valence-electron chi connectivity index (χ1n) is 6.41. The number of carbonyl (C=O) groups is 1. The van der Waals surface area contributed by atoms with Crippen molar-refractivity contribution >= 4 is 5.91 Å². The number of nitrogens with one attached hydrogen (secondary N) is 1. The first-order chi connectivity index (χ1) is 10.1. The Morgan fingerprint density at radius 2 is 2.24 bits per heavy atom. The Morgan fingerprint density at radius 3 is 2.90 bits per heavy atom. The summed E-state index contributed by atoms with van der Waals surface area (Å²) >= 11 is 0. The molecule has 0 radical (unpaired) electrons. The molecule has 0 saturated heterocycles. The number of aryl methyl sites for hydroxylation is 1. The predicted molar refractivity (Wildman–Crippen MR) is 76.9 cm³/mol. The molecule has 0 fully saturated rings. The molecule has 21 heavy (non-hydrogen) atoms. The van der Waals surface area contributed by atoms with Gasteiger partial charge >= 0.3 is 0 Å². The molecule has 1 amide bonds. The Hall–Kier alpha value is -2.58. The summed E-state index contributed by atoms with van der Waals surface area (Å²) in [6.07, 6.45) is 1.37. The van der Waals surface area contributed by atoms with Gasteiger partial charge in [0, 0.05) is 17.7 Å². The van der Waals surface area contributed by atoms with Crippen LogP contribution in [0.1, 0.15) is 27.2 Å². The molecule has 0 aliphatic carbocycles. The fourth-order valence-corrected chi connectivity index (χ4v) is 1.78. The van der Waals surface area contributed by atoms with Crippen LogP contribution in [0.2, 0.25) is 0 Å². The molecule has 2 aromatic rings. The van der Waals surface area contributed by atoms with Crippen molar-refractivity contribution in [3.8, 4) is 11.8 Å². The summed E-state index contributed by atoms with van der Waals surface area (Å²) in [5.41, 5.74) is 6.73. The van der Waals surface area contributed by atoms with Gasteiger partial charge in [-0.25, -0.2) is 4.39 Å². The lowest BCUT2D eigenvalue weighted by Gasteiger charge is -2.05. The molecule has 0 unspecified atom stereocenters. The van der Waals surface area contributed by atoms with Crippen LogP contribution in [-0.4, -0.2) is 12.5 Å². The van der Waals surface area contributed by atoms with Crippen LogP contribution in [0.25, 0.3) is 0 Å². The second kappa shape index (κ2) is 6.73. The van der Waals surface area contributed by atoms with Crippen molar-refractivity contribution in [2.24, 2.45) is 5.73 Å². The minimum atomic E-state index is -0.392. The summed E-state index contributed by atoms with van der Waals surface area (Å²) < 4.78 is 18.8. The van der Waals surface area contributed by atoms with Gasteiger partial charge in [-0.15, -0.1) is 0 Å². The van der Waals surface area contributed by atoms with Gasteiger partial charge in [0.1, 0.15) is 17.8 Å². The molecule has 108 valence electrons. The highest BCUT2D eigenvalue weighted by atomic mass is 19.1. The standard InChI is InChI=1S/C16H15FN2O2/c1-11-7-14(10-21-11)16(20)19-9-13-8-12(3-2-6-18)4-5-15(13)17/h4-5,7-8,10H,6,9,18H2,1H3,(H,19,20). The smallest absolute Gasteiger partial charge is 0.254 e. The minimum absolute atomic E-state index is 0.0764. The SMILES string of the molecule is Cc1cc(C(=O)NCc2cc(C#CCN)ccc2F)co1. The lowest BCUT2D eigenvalue weighted by molar-refractivity contribution is 0.0950. The topological polar surface area (TPSA) is 68.3 Å². The Bertz CT molecular complexity index is 711. The van der Waals surface area contributed by atoms with Crippen LogP contribution >= 0.6 is 0 Å². The first kappa shape index (κ1) is 14.8. The summed E-state index contributed by atoms with van der Waals surface area (Å²) in [6, 6.07) is 6.11. The van der Waals surface area contributed by atoms with E-state index in [1.807, 2.05) is 0 Å². The molecule has 0 aliphatic heterocycles. The van der Waals surface area contributed by atoms with Crippen LogP contribution < -0.4 is 11.1 Å². The Labute approximate surface area is 122 Å². The third-order valence-corrected chi connectivity index (χ3v) is 2.81. The van der Waals surface area contributed by atoms with E-state index in [1.54, 1.807) is 25.1 Å². The highest BCUT2D eigenvalue weighted by Crippen LogP contribution is 2.11. The first-order valence-corrected chi connectivity index (χ1v) is 6.41. The van der Waals surface area contributed by atoms with Gasteiger partial charge in [-0.2, -0.15) is 0 Å². The average Bonchev–Trinajstić information content (AvgIpc) is 2.91. The van der Waals surface area contributed by atoms with Gasteiger partial charge in [0.15, 0.2) is 0 Å². The largest absolute Gasteiger partial charge is 0.469 e. The fraction of sp³-hybridized carbons (Fsp3) is 0.188. The molecule has 0 aliphatic rings. The molecular formula is C16H15FN2O2. The van der Waals surface area contributed by atoms with E-state index in [-0.39, 0.29) is 19.0 Å². The van der Waals surface area contributed by atoms with E-state index in [1.165, 1.54) is 12.3 Å². The lowest BCUT2D eigenvalue weighted by atomic mass is 10.1. The number of halogens is 1. The molecule has 3 N–H and O–H groups in total. The second-order valence-corrected chi connectivity index (χ2v) is 4.44. The molecule has 0 atom stereocenters. The Kier molecular flexibility index (Phi) is 4.75. The molecule has 0 spiro atoms. The zero-order chi connectivity index (χ0) is 15.2.